The van der Waals surface area contributed by atoms with Gasteiger partial charge in [0.1, 0.15) is 0 Å². The van der Waals surface area contributed by atoms with Crippen molar-refractivity contribution in [2.45, 2.75) is 13.8 Å². The molecule has 0 heterocycles. The van der Waals surface area contributed by atoms with Crippen LogP contribution >= 0.6 is 0 Å². The molecule has 5 heteroatoms. The van der Waals surface area contributed by atoms with Crippen molar-refractivity contribution in [3.05, 3.63) is 29.8 Å². The van der Waals surface area contributed by atoms with Crippen molar-refractivity contribution in [3.63, 3.8) is 0 Å². The second-order valence-electron chi connectivity index (χ2n) is 3.67. The highest BCUT2D eigenvalue weighted by molar-refractivity contribution is 5.80. The van der Waals surface area contributed by atoms with Gasteiger partial charge >= 0.3 is 5.97 Å². The van der Waals surface area contributed by atoms with Gasteiger partial charge in [0.15, 0.2) is 0 Å². The van der Waals surface area contributed by atoms with Crippen molar-refractivity contribution in [2.24, 2.45) is 5.16 Å². The highest BCUT2D eigenvalue weighted by atomic mass is 16.6. The lowest BCUT2D eigenvalue weighted by Gasteiger charge is -2.20. The quantitative estimate of drug-likeness (QED) is 0.593. The predicted molar refractivity (Wildman–Crippen MR) is 71.2 cm³/mol. The number of aliphatic carboxylic acids is 1. The maximum absolute atomic E-state index is 10.2. The van der Waals surface area contributed by atoms with Crippen molar-refractivity contribution in [2.75, 3.05) is 24.6 Å². The molecule has 1 rings (SSSR count). The molecular formula is C13H18N2O3. The first-order valence-corrected chi connectivity index (χ1v) is 5.89. The van der Waals surface area contributed by atoms with E-state index in [1.807, 2.05) is 24.3 Å². The smallest absolute Gasteiger partial charge is 0.344 e. The van der Waals surface area contributed by atoms with Gasteiger partial charge < -0.3 is 14.8 Å². The van der Waals surface area contributed by atoms with Gasteiger partial charge in [-0.25, -0.2) is 4.79 Å². The van der Waals surface area contributed by atoms with E-state index >= 15 is 0 Å². The summed E-state index contributed by atoms with van der Waals surface area (Å²) in [5.41, 5.74) is 2.03. The summed E-state index contributed by atoms with van der Waals surface area (Å²) < 4.78 is 0. The molecule has 0 amide bonds. The predicted octanol–water partition coefficient (Wildman–Crippen LogP) is 1.97. The van der Waals surface area contributed by atoms with E-state index in [1.165, 1.54) is 6.21 Å². The molecule has 0 fully saturated rings. The Morgan fingerprint density at radius 2 is 1.94 bits per heavy atom. The second-order valence-corrected chi connectivity index (χ2v) is 3.67. The van der Waals surface area contributed by atoms with Gasteiger partial charge in [0.05, 0.1) is 6.21 Å². The van der Waals surface area contributed by atoms with E-state index in [-0.39, 0.29) is 0 Å². The summed E-state index contributed by atoms with van der Waals surface area (Å²) in [7, 11) is 0. The molecule has 0 saturated heterocycles. The Bertz CT molecular complexity index is 397. The number of carbonyl (C=O) groups is 1. The Balaban J connectivity index is 2.57. The van der Waals surface area contributed by atoms with Gasteiger partial charge in [-0.2, -0.15) is 0 Å². The van der Waals surface area contributed by atoms with Gasteiger partial charge in [-0.05, 0) is 31.5 Å². The molecular weight excluding hydrogens is 232 g/mol. The van der Waals surface area contributed by atoms with Crippen LogP contribution in [0.3, 0.4) is 0 Å². The third kappa shape index (κ3) is 4.45. The first-order valence-electron chi connectivity index (χ1n) is 5.89. The summed E-state index contributed by atoms with van der Waals surface area (Å²) >= 11 is 0. The van der Waals surface area contributed by atoms with Crippen molar-refractivity contribution in [3.8, 4) is 0 Å². The molecule has 0 unspecified atom stereocenters. The van der Waals surface area contributed by atoms with Crippen molar-refractivity contribution >= 4 is 17.9 Å². The maximum atomic E-state index is 10.2. The molecule has 0 aliphatic heterocycles. The fourth-order valence-electron chi connectivity index (χ4n) is 1.55. The standard InChI is InChI=1S/C13H18N2O3/c1-3-15(4-2)12-7-5-11(6-8-12)9-14-18-10-13(16)17/h5-9H,3-4,10H2,1-2H3,(H,16,17). The Morgan fingerprint density at radius 1 is 1.33 bits per heavy atom. The molecule has 0 saturated carbocycles. The molecule has 0 aromatic heterocycles. The fourth-order valence-corrected chi connectivity index (χ4v) is 1.55. The van der Waals surface area contributed by atoms with Gasteiger partial charge in [0.2, 0.25) is 6.61 Å². The molecule has 98 valence electrons. The van der Waals surface area contributed by atoms with Crippen LogP contribution in [0.2, 0.25) is 0 Å². The van der Waals surface area contributed by atoms with Gasteiger partial charge in [0, 0.05) is 18.8 Å². The maximum Gasteiger partial charge on any atom is 0.344 e. The van der Waals surface area contributed by atoms with E-state index in [1.54, 1.807) is 0 Å². The number of rotatable bonds is 7. The molecule has 0 radical (unpaired) electrons. The Labute approximate surface area is 107 Å². The Kier molecular flexibility index (Phi) is 5.70. The van der Waals surface area contributed by atoms with Gasteiger partial charge in [0.25, 0.3) is 0 Å². The zero-order valence-corrected chi connectivity index (χ0v) is 10.7. The molecule has 1 aromatic carbocycles. The number of carboxylic acid groups (broad SMARTS) is 1. The molecule has 0 spiro atoms. The highest BCUT2D eigenvalue weighted by Gasteiger charge is 2.00. The van der Waals surface area contributed by atoms with Crippen LogP contribution in [0.5, 0.6) is 0 Å². The van der Waals surface area contributed by atoms with Crippen LogP contribution in [0.15, 0.2) is 29.4 Å². The minimum absolute atomic E-state index is 0.423. The summed E-state index contributed by atoms with van der Waals surface area (Å²) in [6.07, 6.45) is 1.49. The first-order chi connectivity index (χ1) is 8.67. The third-order valence-electron chi connectivity index (χ3n) is 2.49. The normalized spacial score (nSPS) is 10.6. The van der Waals surface area contributed by atoms with Gasteiger partial charge in [-0.15, -0.1) is 0 Å². The fraction of sp³-hybridized carbons (Fsp3) is 0.385. The minimum atomic E-state index is -1.04. The molecule has 5 nitrogen and oxygen atoms in total. The van der Waals surface area contributed by atoms with Crippen LogP contribution in [0.4, 0.5) is 5.69 Å². The topological polar surface area (TPSA) is 62.1 Å². The molecule has 1 N–H and O–H groups in total. The number of hydrogen-bond donors (Lipinski definition) is 1. The van der Waals surface area contributed by atoms with E-state index < -0.39 is 12.6 Å². The van der Waals surface area contributed by atoms with Crippen LogP contribution in [-0.4, -0.2) is 37.0 Å². The second kappa shape index (κ2) is 7.32. The van der Waals surface area contributed by atoms with E-state index in [0.29, 0.717) is 0 Å². The SMILES string of the molecule is CCN(CC)c1ccc(C=NOCC(=O)O)cc1. The molecule has 0 aliphatic rings. The lowest BCUT2D eigenvalue weighted by atomic mass is 10.2. The first kappa shape index (κ1) is 14.0. The minimum Gasteiger partial charge on any atom is -0.479 e. The zero-order valence-electron chi connectivity index (χ0n) is 10.7. The van der Waals surface area contributed by atoms with E-state index in [9.17, 15) is 4.79 Å². The Hall–Kier alpha value is -2.04. The largest absolute Gasteiger partial charge is 0.479 e. The van der Waals surface area contributed by atoms with E-state index in [2.05, 4.69) is 28.7 Å². The average Bonchev–Trinajstić information content (AvgIpc) is 2.37. The lowest BCUT2D eigenvalue weighted by Crippen LogP contribution is -2.21. The average molecular weight is 250 g/mol. The van der Waals surface area contributed by atoms with Crippen LogP contribution in [0, 0.1) is 0 Å². The number of oxime groups is 1. The summed E-state index contributed by atoms with van der Waals surface area (Å²) in [6, 6.07) is 7.85. The van der Waals surface area contributed by atoms with Crippen molar-refractivity contribution < 1.29 is 14.7 Å². The van der Waals surface area contributed by atoms with Crippen LogP contribution < -0.4 is 4.90 Å². The molecule has 0 atom stereocenters. The molecule has 0 bridgehead atoms. The number of benzene rings is 1. The monoisotopic (exact) mass is 250 g/mol. The number of nitrogens with zero attached hydrogens (tertiary/aromatic N) is 2. The molecule has 1 aromatic rings. The van der Waals surface area contributed by atoms with E-state index in [0.717, 1.165) is 24.3 Å². The summed E-state index contributed by atoms with van der Waals surface area (Å²) in [5.74, 6) is -1.04. The zero-order chi connectivity index (χ0) is 13.4. The van der Waals surface area contributed by atoms with Crippen LogP contribution in [0.25, 0.3) is 0 Å². The van der Waals surface area contributed by atoms with Crippen molar-refractivity contribution in [1.29, 1.82) is 0 Å². The van der Waals surface area contributed by atoms with Crippen LogP contribution in [0.1, 0.15) is 19.4 Å². The Morgan fingerprint density at radius 3 is 2.44 bits per heavy atom. The molecule has 0 aliphatic carbocycles. The van der Waals surface area contributed by atoms with E-state index in [4.69, 9.17) is 5.11 Å². The van der Waals surface area contributed by atoms with Crippen LogP contribution in [-0.2, 0) is 9.63 Å². The summed E-state index contributed by atoms with van der Waals surface area (Å²) in [6.45, 7) is 5.72. The number of carboxylic acids is 1. The third-order valence-corrected chi connectivity index (χ3v) is 2.49. The number of hydrogen-bond acceptors (Lipinski definition) is 4. The van der Waals surface area contributed by atoms with Gasteiger partial charge in [-0.3, -0.25) is 0 Å². The lowest BCUT2D eigenvalue weighted by molar-refractivity contribution is -0.142. The molecule has 18 heavy (non-hydrogen) atoms. The van der Waals surface area contributed by atoms with Gasteiger partial charge in [-0.1, -0.05) is 17.3 Å². The van der Waals surface area contributed by atoms with Crippen molar-refractivity contribution in [1.82, 2.24) is 0 Å². The summed E-state index contributed by atoms with van der Waals surface area (Å²) in [5, 5.41) is 11.9. The number of anilines is 1. The summed E-state index contributed by atoms with van der Waals surface area (Å²) in [4.78, 5) is 17.0. The highest BCUT2D eigenvalue weighted by Crippen LogP contribution is 2.13.